The molecule has 1 aromatic carbocycles. The van der Waals surface area contributed by atoms with E-state index in [2.05, 4.69) is 31.0 Å². The van der Waals surface area contributed by atoms with Crippen molar-refractivity contribution >= 4 is 5.96 Å². The number of likely N-dealkylation sites (tertiary alicyclic amines) is 1. The van der Waals surface area contributed by atoms with Crippen LogP contribution in [0.25, 0.3) is 0 Å². The summed E-state index contributed by atoms with van der Waals surface area (Å²) in [5.74, 6) is 4.43. The fourth-order valence-electron chi connectivity index (χ4n) is 3.90. The predicted octanol–water partition coefficient (Wildman–Crippen LogP) is 3.20. The summed E-state index contributed by atoms with van der Waals surface area (Å²) in [5.41, 5.74) is 1.06. The molecule has 6 heteroatoms. The minimum absolute atomic E-state index is 0.632. The first-order valence-corrected chi connectivity index (χ1v) is 9.85. The van der Waals surface area contributed by atoms with Crippen LogP contribution in [-0.2, 0) is 6.42 Å². The minimum Gasteiger partial charge on any atom is -0.493 e. The van der Waals surface area contributed by atoms with Crippen LogP contribution < -0.4 is 19.5 Å². The molecule has 1 fully saturated rings. The van der Waals surface area contributed by atoms with E-state index in [0.29, 0.717) is 29.9 Å². The summed E-state index contributed by atoms with van der Waals surface area (Å²) >= 11 is 0. The summed E-state index contributed by atoms with van der Waals surface area (Å²) in [5, 5.41) is 3.45. The molecular weight excluding hydrogens is 342 g/mol. The molecular formula is C21H35N3O3. The molecule has 1 aliphatic heterocycles. The van der Waals surface area contributed by atoms with Crippen LogP contribution in [0.2, 0.25) is 0 Å². The van der Waals surface area contributed by atoms with Gasteiger partial charge in [0.1, 0.15) is 0 Å². The average Bonchev–Trinajstić information content (AvgIpc) is 2.65. The lowest BCUT2D eigenvalue weighted by Crippen LogP contribution is -2.48. The Bertz CT molecular complexity index is 623. The molecule has 0 aliphatic carbocycles. The highest BCUT2D eigenvalue weighted by atomic mass is 16.5. The second-order valence-corrected chi connectivity index (χ2v) is 7.33. The topological polar surface area (TPSA) is 55.3 Å². The maximum absolute atomic E-state index is 5.58. The third-order valence-corrected chi connectivity index (χ3v) is 4.93. The van der Waals surface area contributed by atoms with Crippen LogP contribution >= 0.6 is 0 Å². The Morgan fingerprint density at radius 2 is 1.74 bits per heavy atom. The highest BCUT2D eigenvalue weighted by Gasteiger charge is 2.24. The van der Waals surface area contributed by atoms with Crippen LogP contribution in [0.1, 0.15) is 32.8 Å². The Balaban J connectivity index is 2.13. The van der Waals surface area contributed by atoms with Crippen molar-refractivity contribution in [3.63, 3.8) is 0 Å². The van der Waals surface area contributed by atoms with Gasteiger partial charge in [-0.1, -0.05) is 19.9 Å². The van der Waals surface area contributed by atoms with Gasteiger partial charge in [-0.3, -0.25) is 4.99 Å². The van der Waals surface area contributed by atoms with E-state index in [1.54, 1.807) is 21.3 Å². The first-order valence-electron chi connectivity index (χ1n) is 9.85. The Kier molecular flexibility index (Phi) is 8.07. The van der Waals surface area contributed by atoms with Gasteiger partial charge in [-0.05, 0) is 37.7 Å². The van der Waals surface area contributed by atoms with Gasteiger partial charge in [0.25, 0.3) is 0 Å². The number of hydrogen-bond donors (Lipinski definition) is 1. The lowest BCUT2D eigenvalue weighted by Gasteiger charge is -2.37. The molecule has 0 saturated carbocycles. The zero-order valence-electron chi connectivity index (χ0n) is 17.7. The summed E-state index contributed by atoms with van der Waals surface area (Å²) in [7, 11) is 4.92. The number of nitrogens with one attached hydrogen (secondary N) is 1. The van der Waals surface area contributed by atoms with Crippen molar-refractivity contribution in [2.24, 2.45) is 16.8 Å². The van der Waals surface area contributed by atoms with E-state index < -0.39 is 0 Å². The number of nitrogens with zero attached hydrogens (tertiary/aromatic N) is 2. The Morgan fingerprint density at radius 3 is 2.30 bits per heavy atom. The van der Waals surface area contributed by atoms with E-state index in [1.807, 2.05) is 12.1 Å². The molecule has 27 heavy (non-hydrogen) atoms. The molecule has 1 saturated heterocycles. The number of methoxy groups -OCH3 is 3. The van der Waals surface area contributed by atoms with E-state index in [9.17, 15) is 0 Å². The second-order valence-electron chi connectivity index (χ2n) is 7.33. The number of guanidine groups is 1. The van der Waals surface area contributed by atoms with E-state index in [1.165, 1.54) is 6.42 Å². The summed E-state index contributed by atoms with van der Waals surface area (Å²) in [6.45, 7) is 10.4. The summed E-state index contributed by atoms with van der Waals surface area (Å²) in [6.07, 6.45) is 2.07. The molecule has 0 spiro atoms. The zero-order chi connectivity index (χ0) is 19.8. The Hall–Kier alpha value is -2.11. The molecule has 1 aliphatic rings. The second kappa shape index (κ2) is 10.3. The molecule has 0 aromatic heterocycles. The first-order chi connectivity index (χ1) is 13.0. The van der Waals surface area contributed by atoms with E-state index in [4.69, 9.17) is 19.2 Å². The zero-order valence-corrected chi connectivity index (χ0v) is 17.7. The molecule has 6 nitrogen and oxygen atoms in total. The first kappa shape index (κ1) is 21.2. The van der Waals surface area contributed by atoms with Crippen molar-refractivity contribution in [1.82, 2.24) is 10.2 Å². The van der Waals surface area contributed by atoms with Crippen LogP contribution in [-0.4, -0.2) is 58.4 Å². The van der Waals surface area contributed by atoms with E-state index >= 15 is 0 Å². The molecule has 2 rings (SSSR count). The summed E-state index contributed by atoms with van der Waals surface area (Å²) < 4.78 is 16.4. The third kappa shape index (κ3) is 5.44. The van der Waals surface area contributed by atoms with Crippen molar-refractivity contribution < 1.29 is 14.2 Å². The number of ether oxygens (including phenoxy) is 3. The third-order valence-electron chi connectivity index (χ3n) is 4.93. The minimum atomic E-state index is 0.632. The molecule has 0 amide bonds. The van der Waals surface area contributed by atoms with Crippen molar-refractivity contribution in [3.05, 3.63) is 17.7 Å². The molecule has 0 bridgehead atoms. The highest BCUT2D eigenvalue weighted by molar-refractivity contribution is 5.80. The van der Waals surface area contributed by atoms with Crippen LogP contribution in [0.15, 0.2) is 17.1 Å². The van der Waals surface area contributed by atoms with Gasteiger partial charge in [0, 0.05) is 31.7 Å². The lowest BCUT2D eigenvalue weighted by molar-refractivity contribution is 0.208. The number of piperidine rings is 1. The maximum atomic E-state index is 5.58. The smallest absolute Gasteiger partial charge is 0.203 e. The fraction of sp³-hybridized carbons (Fsp3) is 0.667. The van der Waals surface area contributed by atoms with Crippen LogP contribution in [0.5, 0.6) is 17.2 Å². The Morgan fingerprint density at radius 1 is 1.07 bits per heavy atom. The van der Waals surface area contributed by atoms with Gasteiger partial charge >= 0.3 is 0 Å². The van der Waals surface area contributed by atoms with Crippen LogP contribution in [0.3, 0.4) is 0 Å². The van der Waals surface area contributed by atoms with Crippen LogP contribution in [0, 0.1) is 11.8 Å². The number of benzene rings is 1. The van der Waals surface area contributed by atoms with E-state index in [-0.39, 0.29) is 0 Å². The van der Waals surface area contributed by atoms with Gasteiger partial charge in [-0.25, -0.2) is 0 Å². The monoisotopic (exact) mass is 377 g/mol. The van der Waals surface area contributed by atoms with E-state index in [0.717, 1.165) is 43.3 Å². The molecule has 1 N–H and O–H groups in total. The van der Waals surface area contributed by atoms with Crippen LogP contribution in [0.4, 0.5) is 0 Å². The molecule has 2 unspecified atom stereocenters. The van der Waals surface area contributed by atoms with Gasteiger partial charge < -0.3 is 24.4 Å². The van der Waals surface area contributed by atoms with Crippen molar-refractivity contribution in [1.29, 1.82) is 0 Å². The normalized spacial score (nSPS) is 20.4. The number of hydrogen-bond acceptors (Lipinski definition) is 4. The quantitative estimate of drug-likeness (QED) is 0.584. The largest absolute Gasteiger partial charge is 0.493 e. The van der Waals surface area contributed by atoms with Crippen molar-refractivity contribution in [2.45, 2.75) is 33.6 Å². The lowest BCUT2D eigenvalue weighted by atomic mass is 9.92. The highest BCUT2D eigenvalue weighted by Crippen LogP contribution is 2.39. The molecule has 0 radical (unpaired) electrons. The summed E-state index contributed by atoms with van der Waals surface area (Å²) in [6, 6.07) is 3.94. The fourth-order valence-corrected chi connectivity index (χ4v) is 3.90. The molecule has 1 heterocycles. The summed E-state index contributed by atoms with van der Waals surface area (Å²) in [4.78, 5) is 7.28. The van der Waals surface area contributed by atoms with Crippen molar-refractivity contribution in [3.8, 4) is 17.2 Å². The predicted molar refractivity (Wildman–Crippen MR) is 110 cm³/mol. The van der Waals surface area contributed by atoms with Gasteiger partial charge in [-0.2, -0.15) is 0 Å². The van der Waals surface area contributed by atoms with Crippen molar-refractivity contribution in [2.75, 3.05) is 47.5 Å². The standard InChI is InChI=1S/C21H35N3O3/c1-7-22-21(24-13-15(2)12-16(3)14-24)23-11-10-17-8-9-18(25-4)20(27-6)19(17)26-5/h8-9,15-16H,7,10-14H2,1-6H3,(H,22,23). The van der Waals surface area contributed by atoms with Gasteiger partial charge in [0.2, 0.25) is 5.75 Å². The van der Waals surface area contributed by atoms with Gasteiger partial charge in [0.15, 0.2) is 17.5 Å². The molecule has 152 valence electrons. The molecule has 1 aromatic rings. The Labute approximate surface area is 163 Å². The maximum Gasteiger partial charge on any atom is 0.203 e. The SMILES string of the molecule is CCNC(=NCCc1ccc(OC)c(OC)c1OC)N1CC(C)CC(C)C1. The van der Waals surface area contributed by atoms with Gasteiger partial charge in [0.05, 0.1) is 21.3 Å². The van der Waals surface area contributed by atoms with Gasteiger partial charge in [-0.15, -0.1) is 0 Å². The number of aliphatic imine (C=N–C) groups is 1. The average molecular weight is 378 g/mol. The molecule has 2 atom stereocenters. The number of rotatable bonds is 7.